The van der Waals surface area contributed by atoms with Gasteiger partial charge in [-0.1, -0.05) is 6.42 Å². The Morgan fingerprint density at radius 3 is 2.87 bits per heavy atom. The highest BCUT2D eigenvalue weighted by molar-refractivity contribution is 5.99. The maximum atomic E-state index is 12.6. The number of rotatable bonds is 5. The van der Waals surface area contributed by atoms with Gasteiger partial charge in [-0.15, -0.1) is 0 Å². The maximum Gasteiger partial charge on any atom is 0.255 e. The van der Waals surface area contributed by atoms with E-state index in [1.165, 1.54) is 0 Å². The molecule has 0 spiro atoms. The summed E-state index contributed by atoms with van der Waals surface area (Å²) >= 11 is 0. The van der Waals surface area contributed by atoms with Gasteiger partial charge in [-0.25, -0.2) is 0 Å². The number of H-pyrrole nitrogens is 1. The minimum absolute atomic E-state index is 0.102. The Kier molecular flexibility index (Phi) is 4.62. The van der Waals surface area contributed by atoms with Crippen LogP contribution in [0.5, 0.6) is 5.75 Å². The Hall–Kier alpha value is -2.34. The highest BCUT2D eigenvalue weighted by atomic mass is 16.5. The molecule has 0 aliphatic heterocycles. The van der Waals surface area contributed by atoms with Gasteiger partial charge < -0.3 is 15.8 Å². The summed E-state index contributed by atoms with van der Waals surface area (Å²) in [6, 6.07) is 7.69. The number of ether oxygens (including phenoxy) is 1. The highest BCUT2D eigenvalue weighted by Gasteiger charge is 2.28. The average molecular weight is 314 g/mol. The topological polar surface area (TPSA) is 93.0 Å². The van der Waals surface area contributed by atoms with Crippen molar-refractivity contribution in [3.63, 3.8) is 0 Å². The summed E-state index contributed by atoms with van der Waals surface area (Å²) in [7, 11) is 1.62. The molecule has 1 heterocycles. The van der Waals surface area contributed by atoms with Gasteiger partial charge in [0, 0.05) is 11.6 Å². The van der Waals surface area contributed by atoms with E-state index in [0.717, 1.165) is 30.6 Å². The molecule has 2 atom stereocenters. The molecule has 0 radical (unpaired) electrons. The number of nitrogens with one attached hydrogen (secondary N) is 2. The number of carbonyl (C=O) groups excluding carboxylic acids is 1. The number of aromatic nitrogens is 2. The van der Waals surface area contributed by atoms with Crippen LogP contribution in [0.3, 0.4) is 0 Å². The summed E-state index contributed by atoms with van der Waals surface area (Å²) in [5.41, 5.74) is 7.95. The standard InChI is InChI=1S/C17H22N4O2/c1-23-13-7-5-11(6-8-13)16-14(10-19-21-16)17(22)20-15-4-2-3-12(15)9-18/h5-8,10,12,15H,2-4,9,18H2,1H3,(H,19,21)(H,20,22). The zero-order valence-corrected chi connectivity index (χ0v) is 13.2. The first-order valence-corrected chi connectivity index (χ1v) is 7.91. The summed E-state index contributed by atoms with van der Waals surface area (Å²) in [4.78, 5) is 12.6. The van der Waals surface area contributed by atoms with Gasteiger partial charge in [0.05, 0.1) is 24.6 Å². The van der Waals surface area contributed by atoms with E-state index < -0.39 is 0 Å². The van der Waals surface area contributed by atoms with Crippen molar-refractivity contribution in [2.45, 2.75) is 25.3 Å². The second kappa shape index (κ2) is 6.83. The Labute approximate surface area is 135 Å². The maximum absolute atomic E-state index is 12.6. The van der Waals surface area contributed by atoms with E-state index >= 15 is 0 Å². The van der Waals surface area contributed by atoms with Crippen LogP contribution < -0.4 is 15.8 Å². The Balaban J connectivity index is 1.78. The SMILES string of the molecule is COc1ccc(-c2[nH]ncc2C(=O)NC2CCCC2CN)cc1. The van der Waals surface area contributed by atoms with Gasteiger partial charge in [0.25, 0.3) is 5.91 Å². The first-order chi connectivity index (χ1) is 11.2. The van der Waals surface area contributed by atoms with Crippen LogP contribution in [0, 0.1) is 5.92 Å². The van der Waals surface area contributed by atoms with E-state index in [4.69, 9.17) is 10.5 Å². The quantitative estimate of drug-likeness (QED) is 0.786. The number of nitrogens with two attached hydrogens (primary N) is 1. The van der Waals surface area contributed by atoms with E-state index in [-0.39, 0.29) is 11.9 Å². The Morgan fingerprint density at radius 1 is 1.39 bits per heavy atom. The number of hydrogen-bond acceptors (Lipinski definition) is 4. The third-order valence-electron chi connectivity index (χ3n) is 4.54. The van der Waals surface area contributed by atoms with Gasteiger partial charge in [-0.2, -0.15) is 5.10 Å². The van der Waals surface area contributed by atoms with Crippen LogP contribution >= 0.6 is 0 Å². The van der Waals surface area contributed by atoms with Gasteiger partial charge in [-0.05, 0) is 49.6 Å². The molecule has 6 heteroatoms. The van der Waals surface area contributed by atoms with Gasteiger partial charge in [-0.3, -0.25) is 9.89 Å². The fourth-order valence-corrected chi connectivity index (χ4v) is 3.19. The number of aromatic amines is 1. The molecule has 4 N–H and O–H groups in total. The van der Waals surface area contributed by atoms with Gasteiger partial charge >= 0.3 is 0 Å². The first-order valence-electron chi connectivity index (χ1n) is 7.91. The van der Waals surface area contributed by atoms with Crippen molar-refractivity contribution in [3.8, 4) is 17.0 Å². The van der Waals surface area contributed by atoms with Crippen molar-refractivity contribution in [1.82, 2.24) is 15.5 Å². The molecule has 1 aliphatic carbocycles. The molecule has 0 saturated heterocycles. The van der Waals surface area contributed by atoms with Crippen LogP contribution in [0.1, 0.15) is 29.6 Å². The fourth-order valence-electron chi connectivity index (χ4n) is 3.19. The van der Waals surface area contributed by atoms with E-state index in [0.29, 0.717) is 23.7 Å². The molecule has 1 aliphatic rings. The van der Waals surface area contributed by atoms with Crippen LogP contribution in [0.15, 0.2) is 30.5 Å². The lowest BCUT2D eigenvalue weighted by atomic mass is 10.0. The summed E-state index contributed by atoms with van der Waals surface area (Å²) in [5.74, 6) is 1.04. The molecule has 23 heavy (non-hydrogen) atoms. The van der Waals surface area contributed by atoms with Crippen molar-refractivity contribution in [2.75, 3.05) is 13.7 Å². The van der Waals surface area contributed by atoms with Crippen molar-refractivity contribution in [1.29, 1.82) is 0 Å². The third-order valence-corrected chi connectivity index (χ3v) is 4.54. The van der Waals surface area contributed by atoms with Crippen molar-refractivity contribution in [3.05, 3.63) is 36.0 Å². The number of hydrogen-bond donors (Lipinski definition) is 3. The molecule has 1 saturated carbocycles. The zero-order chi connectivity index (χ0) is 16.2. The molecular weight excluding hydrogens is 292 g/mol. The van der Waals surface area contributed by atoms with Gasteiger partial charge in [0.1, 0.15) is 5.75 Å². The van der Waals surface area contributed by atoms with Crippen LogP contribution in [-0.4, -0.2) is 35.8 Å². The third kappa shape index (κ3) is 3.22. The number of methoxy groups -OCH3 is 1. The Bertz CT molecular complexity index is 665. The van der Waals surface area contributed by atoms with Crippen LogP contribution in [-0.2, 0) is 0 Å². The lowest BCUT2D eigenvalue weighted by Crippen LogP contribution is -2.39. The number of benzene rings is 1. The van der Waals surface area contributed by atoms with Crippen molar-refractivity contribution < 1.29 is 9.53 Å². The normalized spacial score (nSPS) is 20.4. The monoisotopic (exact) mass is 314 g/mol. The summed E-state index contributed by atoms with van der Waals surface area (Å²) < 4.78 is 5.16. The zero-order valence-electron chi connectivity index (χ0n) is 13.2. The molecule has 1 aromatic heterocycles. The minimum atomic E-state index is -0.102. The Morgan fingerprint density at radius 2 is 2.17 bits per heavy atom. The first kappa shape index (κ1) is 15.6. The van der Waals surface area contributed by atoms with Gasteiger partial charge in [0.15, 0.2) is 0 Å². The molecular formula is C17H22N4O2. The molecule has 3 rings (SSSR count). The highest BCUT2D eigenvalue weighted by Crippen LogP contribution is 2.27. The van der Waals surface area contributed by atoms with Gasteiger partial charge in [0.2, 0.25) is 0 Å². The number of amides is 1. The molecule has 1 fully saturated rings. The van der Waals surface area contributed by atoms with Crippen LogP contribution in [0.4, 0.5) is 0 Å². The smallest absolute Gasteiger partial charge is 0.255 e. The summed E-state index contributed by atoms with van der Waals surface area (Å²) in [5, 5.41) is 10.1. The molecule has 6 nitrogen and oxygen atoms in total. The molecule has 1 amide bonds. The van der Waals surface area contributed by atoms with Crippen LogP contribution in [0.2, 0.25) is 0 Å². The van der Waals surface area contributed by atoms with E-state index in [9.17, 15) is 4.79 Å². The predicted molar refractivity (Wildman–Crippen MR) is 88.2 cm³/mol. The van der Waals surface area contributed by atoms with Crippen LogP contribution in [0.25, 0.3) is 11.3 Å². The molecule has 0 bridgehead atoms. The lowest BCUT2D eigenvalue weighted by Gasteiger charge is -2.19. The molecule has 1 aromatic carbocycles. The van der Waals surface area contributed by atoms with E-state index in [1.807, 2.05) is 24.3 Å². The van der Waals surface area contributed by atoms with Crippen molar-refractivity contribution in [2.24, 2.45) is 11.7 Å². The summed E-state index contributed by atoms with van der Waals surface area (Å²) in [6.07, 6.45) is 4.76. The molecule has 2 unspecified atom stereocenters. The van der Waals surface area contributed by atoms with Crippen molar-refractivity contribution >= 4 is 5.91 Å². The van der Waals surface area contributed by atoms with E-state index in [2.05, 4.69) is 15.5 Å². The number of nitrogens with zero attached hydrogens (tertiary/aromatic N) is 1. The average Bonchev–Trinajstić information content (AvgIpc) is 3.23. The van der Waals surface area contributed by atoms with E-state index in [1.54, 1.807) is 13.3 Å². The lowest BCUT2D eigenvalue weighted by molar-refractivity contribution is 0.0929. The fraction of sp³-hybridized carbons (Fsp3) is 0.412. The largest absolute Gasteiger partial charge is 0.497 e. The molecule has 2 aromatic rings. The second-order valence-corrected chi connectivity index (χ2v) is 5.89. The minimum Gasteiger partial charge on any atom is -0.497 e. The summed E-state index contributed by atoms with van der Waals surface area (Å²) in [6.45, 7) is 0.613. The number of carbonyl (C=O) groups is 1. The second-order valence-electron chi connectivity index (χ2n) is 5.89. The predicted octanol–water partition coefficient (Wildman–Crippen LogP) is 1.94. The molecule has 122 valence electrons.